The van der Waals surface area contributed by atoms with E-state index in [4.69, 9.17) is 21.7 Å². The second-order valence-corrected chi connectivity index (χ2v) is 8.66. The summed E-state index contributed by atoms with van der Waals surface area (Å²) in [5.41, 5.74) is 2.13. The van der Waals surface area contributed by atoms with Crippen molar-refractivity contribution in [3.05, 3.63) is 77.1 Å². The zero-order valence-corrected chi connectivity index (χ0v) is 19.4. The number of fused-ring (bicyclic) bond motifs is 1. The van der Waals surface area contributed by atoms with Crippen molar-refractivity contribution in [1.82, 2.24) is 19.7 Å². The number of morpholine rings is 1. The van der Waals surface area contributed by atoms with Crippen molar-refractivity contribution in [2.24, 2.45) is 0 Å². The molecule has 1 fully saturated rings. The number of rotatable bonds is 8. The van der Waals surface area contributed by atoms with Gasteiger partial charge in [-0.15, -0.1) is 0 Å². The standard InChI is InChI=1S/C26H28N4O2S/c33-26-28-27-25(30(26)13-5-12-29-14-16-31-17-15-29)22-9-3-6-20(18-22)19-32-24-11-4-8-21-7-1-2-10-23(21)24/h1-4,6-11,18H,5,12-17,19H2,(H,28,33). The molecule has 2 heterocycles. The number of aromatic nitrogens is 3. The molecule has 0 aliphatic carbocycles. The Morgan fingerprint density at radius 2 is 1.79 bits per heavy atom. The lowest BCUT2D eigenvalue weighted by molar-refractivity contribution is 0.0369. The smallest absolute Gasteiger partial charge is 0.195 e. The van der Waals surface area contributed by atoms with Gasteiger partial charge in [-0.1, -0.05) is 54.6 Å². The van der Waals surface area contributed by atoms with E-state index in [0.717, 1.165) is 73.9 Å². The topological polar surface area (TPSA) is 55.3 Å². The summed E-state index contributed by atoms with van der Waals surface area (Å²) in [6.45, 7) is 6.01. The predicted octanol–water partition coefficient (Wildman–Crippen LogP) is 5.06. The summed E-state index contributed by atoms with van der Waals surface area (Å²) in [6.07, 6.45) is 1.02. The van der Waals surface area contributed by atoms with Crippen LogP contribution in [0.2, 0.25) is 0 Å². The molecule has 6 nitrogen and oxygen atoms in total. The first-order chi connectivity index (χ1) is 16.3. The van der Waals surface area contributed by atoms with Crippen LogP contribution in [0.4, 0.5) is 0 Å². The fraction of sp³-hybridized carbons (Fsp3) is 0.308. The fourth-order valence-corrected chi connectivity index (χ4v) is 4.53. The van der Waals surface area contributed by atoms with Crippen LogP contribution < -0.4 is 4.74 Å². The molecule has 1 aromatic heterocycles. The van der Waals surface area contributed by atoms with Gasteiger partial charge in [-0.25, -0.2) is 0 Å². The second-order valence-electron chi connectivity index (χ2n) is 8.28. The molecule has 0 bridgehead atoms. The molecule has 4 aromatic rings. The Bertz CT molecular complexity index is 1270. The van der Waals surface area contributed by atoms with Crippen LogP contribution in [0, 0.1) is 4.77 Å². The lowest BCUT2D eigenvalue weighted by atomic mass is 10.1. The first kappa shape index (κ1) is 21.8. The van der Waals surface area contributed by atoms with Crippen LogP contribution in [0.5, 0.6) is 5.75 Å². The van der Waals surface area contributed by atoms with Gasteiger partial charge in [-0.05, 0) is 41.7 Å². The van der Waals surface area contributed by atoms with Crippen LogP contribution in [0.3, 0.4) is 0 Å². The van der Waals surface area contributed by atoms with Gasteiger partial charge in [0.2, 0.25) is 0 Å². The van der Waals surface area contributed by atoms with Crippen molar-refractivity contribution in [1.29, 1.82) is 0 Å². The van der Waals surface area contributed by atoms with Crippen LogP contribution in [-0.2, 0) is 17.9 Å². The van der Waals surface area contributed by atoms with E-state index < -0.39 is 0 Å². The molecule has 0 unspecified atom stereocenters. The molecular formula is C26H28N4O2S. The summed E-state index contributed by atoms with van der Waals surface area (Å²) >= 11 is 5.52. The Hall–Kier alpha value is -3.00. The maximum absolute atomic E-state index is 6.19. The number of hydrogen-bond donors (Lipinski definition) is 1. The molecule has 1 aliphatic rings. The summed E-state index contributed by atoms with van der Waals surface area (Å²) in [4.78, 5) is 2.44. The molecule has 33 heavy (non-hydrogen) atoms. The molecule has 3 aromatic carbocycles. The maximum Gasteiger partial charge on any atom is 0.195 e. The minimum absolute atomic E-state index is 0.490. The highest BCUT2D eigenvalue weighted by Crippen LogP contribution is 2.26. The van der Waals surface area contributed by atoms with Gasteiger partial charge >= 0.3 is 0 Å². The van der Waals surface area contributed by atoms with Crippen molar-refractivity contribution in [3.8, 4) is 17.1 Å². The quantitative estimate of drug-likeness (QED) is 0.373. The summed E-state index contributed by atoms with van der Waals surface area (Å²) in [7, 11) is 0. The largest absolute Gasteiger partial charge is 0.488 e. The molecule has 170 valence electrons. The van der Waals surface area contributed by atoms with E-state index in [-0.39, 0.29) is 0 Å². The third-order valence-electron chi connectivity index (χ3n) is 6.05. The van der Waals surface area contributed by atoms with Gasteiger partial charge in [0, 0.05) is 37.1 Å². The van der Waals surface area contributed by atoms with Crippen LogP contribution in [0.15, 0.2) is 66.7 Å². The minimum atomic E-state index is 0.490. The van der Waals surface area contributed by atoms with Crippen molar-refractivity contribution in [2.75, 3.05) is 32.8 Å². The third kappa shape index (κ3) is 5.16. The fourth-order valence-electron chi connectivity index (χ4n) is 4.31. The molecule has 0 spiro atoms. The zero-order valence-electron chi connectivity index (χ0n) is 18.6. The number of H-pyrrole nitrogens is 1. The Kier molecular flexibility index (Phi) is 6.81. The van der Waals surface area contributed by atoms with Gasteiger partial charge < -0.3 is 14.0 Å². The van der Waals surface area contributed by atoms with Crippen LogP contribution in [-0.4, -0.2) is 52.5 Å². The third-order valence-corrected chi connectivity index (χ3v) is 6.36. The summed E-state index contributed by atoms with van der Waals surface area (Å²) in [6, 6.07) is 22.8. The number of nitrogens with one attached hydrogen (secondary N) is 1. The first-order valence-electron chi connectivity index (χ1n) is 11.4. The summed E-state index contributed by atoms with van der Waals surface area (Å²) in [5.74, 6) is 1.76. The Labute approximate surface area is 198 Å². The van der Waals surface area contributed by atoms with E-state index in [2.05, 4.69) is 56.1 Å². The molecule has 1 aliphatic heterocycles. The lowest BCUT2D eigenvalue weighted by Gasteiger charge is -2.26. The minimum Gasteiger partial charge on any atom is -0.488 e. The highest BCUT2D eigenvalue weighted by Gasteiger charge is 2.13. The van der Waals surface area contributed by atoms with Gasteiger partial charge in [-0.2, -0.15) is 5.10 Å². The molecule has 0 atom stereocenters. The van der Waals surface area contributed by atoms with Gasteiger partial charge in [0.15, 0.2) is 10.6 Å². The molecule has 0 amide bonds. The van der Waals surface area contributed by atoms with E-state index in [0.29, 0.717) is 11.4 Å². The van der Waals surface area contributed by atoms with Gasteiger partial charge in [0.1, 0.15) is 12.4 Å². The number of nitrogens with zero attached hydrogens (tertiary/aromatic N) is 3. The normalized spacial score (nSPS) is 14.5. The zero-order chi connectivity index (χ0) is 22.5. The average Bonchev–Trinajstić information content (AvgIpc) is 3.24. The van der Waals surface area contributed by atoms with Crippen LogP contribution in [0.1, 0.15) is 12.0 Å². The summed E-state index contributed by atoms with van der Waals surface area (Å²) < 4.78 is 14.4. The monoisotopic (exact) mass is 460 g/mol. The second kappa shape index (κ2) is 10.3. The number of aromatic amines is 1. The van der Waals surface area contributed by atoms with E-state index in [9.17, 15) is 0 Å². The van der Waals surface area contributed by atoms with Crippen molar-refractivity contribution in [3.63, 3.8) is 0 Å². The van der Waals surface area contributed by atoms with Gasteiger partial charge in [0.05, 0.1) is 13.2 Å². The van der Waals surface area contributed by atoms with E-state index in [1.807, 2.05) is 30.3 Å². The first-order valence-corrected chi connectivity index (χ1v) is 11.8. The van der Waals surface area contributed by atoms with Gasteiger partial charge in [-0.3, -0.25) is 10.00 Å². The number of hydrogen-bond acceptors (Lipinski definition) is 5. The van der Waals surface area contributed by atoms with Crippen LogP contribution >= 0.6 is 12.2 Å². The number of benzene rings is 3. The molecule has 1 saturated heterocycles. The van der Waals surface area contributed by atoms with Crippen molar-refractivity contribution < 1.29 is 9.47 Å². The van der Waals surface area contributed by atoms with Crippen molar-refractivity contribution >= 4 is 23.0 Å². The Morgan fingerprint density at radius 3 is 2.70 bits per heavy atom. The Morgan fingerprint density at radius 1 is 0.970 bits per heavy atom. The SMILES string of the molecule is S=c1[nH]nc(-c2cccc(COc3cccc4ccccc34)c2)n1CCCN1CCOCC1. The van der Waals surface area contributed by atoms with E-state index in [1.54, 1.807) is 0 Å². The highest BCUT2D eigenvalue weighted by atomic mass is 32.1. The highest BCUT2D eigenvalue weighted by molar-refractivity contribution is 7.71. The molecule has 0 radical (unpaired) electrons. The predicted molar refractivity (Wildman–Crippen MR) is 133 cm³/mol. The van der Waals surface area contributed by atoms with Crippen LogP contribution in [0.25, 0.3) is 22.2 Å². The van der Waals surface area contributed by atoms with E-state index in [1.165, 1.54) is 5.39 Å². The lowest BCUT2D eigenvalue weighted by Crippen LogP contribution is -2.37. The van der Waals surface area contributed by atoms with Gasteiger partial charge in [0.25, 0.3) is 0 Å². The summed E-state index contributed by atoms with van der Waals surface area (Å²) in [5, 5.41) is 9.80. The maximum atomic E-state index is 6.19. The molecule has 0 saturated carbocycles. The molecule has 1 N–H and O–H groups in total. The Balaban J connectivity index is 1.28. The molecule has 5 rings (SSSR count). The van der Waals surface area contributed by atoms with Crippen molar-refractivity contribution in [2.45, 2.75) is 19.6 Å². The number of ether oxygens (including phenoxy) is 2. The molecule has 7 heteroatoms. The van der Waals surface area contributed by atoms with E-state index >= 15 is 0 Å². The average molecular weight is 461 g/mol. The molecular weight excluding hydrogens is 432 g/mol.